The average molecular weight is 308 g/mol. The van der Waals surface area contributed by atoms with Crippen molar-refractivity contribution in [3.63, 3.8) is 0 Å². The first-order valence-electron chi connectivity index (χ1n) is 7.43. The van der Waals surface area contributed by atoms with Gasteiger partial charge in [0.25, 0.3) is 0 Å². The van der Waals surface area contributed by atoms with E-state index in [9.17, 15) is 14.7 Å². The van der Waals surface area contributed by atoms with E-state index in [1.54, 1.807) is 16.2 Å². The molecule has 1 aliphatic carbocycles. The zero-order valence-electron chi connectivity index (χ0n) is 11.8. The lowest BCUT2D eigenvalue weighted by atomic mass is 9.91. The average Bonchev–Trinajstić information content (AvgIpc) is 3.13. The molecule has 0 bridgehead atoms. The number of nitrogens with two attached hydrogens (primary N) is 1. The lowest BCUT2D eigenvalue weighted by Gasteiger charge is -2.36. The highest BCUT2D eigenvalue weighted by molar-refractivity contribution is 7.10. The van der Waals surface area contributed by atoms with Crippen molar-refractivity contribution in [3.8, 4) is 0 Å². The summed E-state index contributed by atoms with van der Waals surface area (Å²) in [5.74, 6) is -0.856. The van der Waals surface area contributed by atoms with Gasteiger partial charge >= 0.3 is 5.97 Å². The number of amides is 1. The molecule has 2 heterocycles. The normalized spacial score (nSPS) is 28.4. The molecule has 0 saturated heterocycles. The summed E-state index contributed by atoms with van der Waals surface area (Å²) in [5, 5.41) is 11.5. The number of carboxylic acids is 1. The minimum Gasteiger partial charge on any atom is -0.479 e. The molecular formula is C15H20N2O3S. The van der Waals surface area contributed by atoms with E-state index in [0.717, 1.165) is 36.1 Å². The van der Waals surface area contributed by atoms with Crippen LogP contribution >= 0.6 is 11.3 Å². The summed E-state index contributed by atoms with van der Waals surface area (Å²) >= 11 is 1.58. The molecule has 3 N–H and O–H groups in total. The first-order chi connectivity index (χ1) is 10.1. The maximum Gasteiger partial charge on any atom is 0.331 e. The van der Waals surface area contributed by atoms with E-state index in [4.69, 9.17) is 5.73 Å². The van der Waals surface area contributed by atoms with Crippen LogP contribution in [0.1, 0.15) is 35.7 Å². The van der Waals surface area contributed by atoms with Crippen molar-refractivity contribution in [2.45, 2.75) is 31.7 Å². The number of thiophene rings is 1. The molecule has 5 nitrogen and oxygen atoms in total. The number of rotatable bonds is 3. The van der Waals surface area contributed by atoms with E-state index in [1.807, 2.05) is 11.4 Å². The van der Waals surface area contributed by atoms with Crippen LogP contribution in [0.5, 0.6) is 0 Å². The molecule has 21 heavy (non-hydrogen) atoms. The molecule has 1 aromatic rings. The van der Waals surface area contributed by atoms with Gasteiger partial charge in [0.1, 0.15) is 0 Å². The highest BCUT2D eigenvalue weighted by atomic mass is 32.1. The van der Waals surface area contributed by atoms with Gasteiger partial charge in [0, 0.05) is 17.3 Å². The Balaban J connectivity index is 1.87. The first kappa shape index (κ1) is 14.5. The molecule has 0 radical (unpaired) electrons. The predicted molar refractivity (Wildman–Crippen MR) is 80.0 cm³/mol. The monoisotopic (exact) mass is 308 g/mol. The Morgan fingerprint density at radius 2 is 2.24 bits per heavy atom. The van der Waals surface area contributed by atoms with Crippen molar-refractivity contribution in [2.24, 2.45) is 17.6 Å². The summed E-state index contributed by atoms with van der Waals surface area (Å²) in [7, 11) is 0. The molecule has 3 atom stereocenters. The Kier molecular flexibility index (Phi) is 3.99. The lowest BCUT2D eigenvalue weighted by molar-refractivity contribution is -0.153. The smallest absolute Gasteiger partial charge is 0.331 e. The third kappa shape index (κ3) is 2.46. The molecule has 1 amide bonds. The van der Waals surface area contributed by atoms with Crippen molar-refractivity contribution < 1.29 is 14.7 Å². The summed E-state index contributed by atoms with van der Waals surface area (Å²) in [6, 6.07) is 1.01. The molecular weight excluding hydrogens is 288 g/mol. The van der Waals surface area contributed by atoms with Crippen molar-refractivity contribution >= 4 is 23.2 Å². The molecule has 1 aromatic heterocycles. The van der Waals surface area contributed by atoms with Crippen LogP contribution in [0.25, 0.3) is 0 Å². The van der Waals surface area contributed by atoms with Gasteiger partial charge in [0.05, 0.1) is 0 Å². The number of nitrogens with zero attached hydrogens (tertiary/aromatic N) is 1. The fourth-order valence-corrected chi connectivity index (χ4v) is 4.58. The highest BCUT2D eigenvalue weighted by Crippen LogP contribution is 2.38. The standard InChI is InChI=1S/C15H20N2O3S/c16-8-9-2-1-3-10(9)14(18)17-6-4-12-11(5-7-21-12)13(17)15(19)20/h5,7,9-10,13H,1-4,6,8,16H2,(H,19,20). The summed E-state index contributed by atoms with van der Waals surface area (Å²) in [5.41, 5.74) is 6.55. The second kappa shape index (κ2) is 5.77. The minimum atomic E-state index is -0.940. The van der Waals surface area contributed by atoms with Crippen LogP contribution in [-0.4, -0.2) is 35.0 Å². The summed E-state index contributed by atoms with van der Waals surface area (Å²) in [6.45, 7) is 1.00. The van der Waals surface area contributed by atoms with E-state index in [-0.39, 0.29) is 17.7 Å². The Morgan fingerprint density at radius 3 is 2.95 bits per heavy atom. The minimum absolute atomic E-state index is 0.0211. The number of carbonyl (C=O) groups excluding carboxylic acids is 1. The molecule has 0 aromatic carbocycles. The zero-order chi connectivity index (χ0) is 15.0. The zero-order valence-corrected chi connectivity index (χ0v) is 12.6. The largest absolute Gasteiger partial charge is 0.479 e. The number of hydrogen-bond acceptors (Lipinski definition) is 4. The SMILES string of the molecule is NCC1CCCC1C(=O)N1CCc2sccc2C1C(=O)O. The van der Waals surface area contributed by atoms with Crippen molar-refractivity contribution in [2.75, 3.05) is 13.1 Å². The summed E-state index contributed by atoms with van der Waals surface area (Å²) in [4.78, 5) is 27.2. The van der Waals surface area contributed by atoms with E-state index < -0.39 is 12.0 Å². The number of fused-ring (bicyclic) bond motifs is 1. The van der Waals surface area contributed by atoms with Gasteiger partial charge in [-0.1, -0.05) is 6.42 Å². The molecule has 3 rings (SSSR count). The van der Waals surface area contributed by atoms with Gasteiger partial charge in [-0.25, -0.2) is 4.79 Å². The van der Waals surface area contributed by atoms with Gasteiger partial charge in [-0.3, -0.25) is 4.79 Å². The summed E-state index contributed by atoms with van der Waals surface area (Å²) < 4.78 is 0. The Labute approximate surface area is 127 Å². The fraction of sp³-hybridized carbons (Fsp3) is 0.600. The Morgan fingerprint density at radius 1 is 1.43 bits per heavy atom. The van der Waals surface area contributed by atoms with Crippen LogP contribution in [0.2, 0.25) is 0 Å². The van der Waals surface area contributed by atoms with Gasteiger partial charge in [-0.2, -0.15) is 0 Å². The van der Waals surface area contributed by atoms with E-state index in [1.165, 1.54) is 0 Å². The van der Waals surface area contributed by atoms with Crippen molar-refractivity contribution in [1.29, 1.82) is 0 Å². The van der Waals surface area contributed by atoms with E-state index >= 15 is 0 Å². The third-order valence-corrected chi connectivity index (χ3v) is 5.76. The predicted octanol–water partition coefficient (Wildman–Crippen LogP) is 1.63. The lowest BCUT2D eigenvalue weighted by Crippen LogP contribution is -2.46. The van der Waals surface area contributed by atoms with Crippen molar-refractivity contribution in [3.05, 3.63) is 21.9 Å². The number of hydrogen-bond donors (Lipinski definition) is 2. The maximum atomic E-state index is 12.8. The number of aliphatic carboxylic acids is 1. The van der Waals surface area contributed by atoms with E-state index in [0.29, 0.717) is 13.1 Å². The molecule has 114 valence electrons. The van der Waals surface area contributed by atoms with Crippen LogP contribution in [0, 0.1) is 11.8 Å². The topological polar surface area (TPSA) is 83.6 Å². The number of carboxylic acid groups (broad SMARTS) is 1. The quantitative estimate of drug-likeness (QED) is 0.889. The van der Waals surface area contributed by atoms with Crippen LogP contribution in [0.15, 0.2) is 11.4 Å². The first-order valence-corrected chi connectivity index (χ1v) is 8.31. The molecule has 6 heteroatoms. The van der Waals surface area contributed by atoms with Crippen molar-refractivity contribution in [1.82, 2.24) is 4.90 Å². The van der Waals surface area contributed by atoms with Gasteiger partial charge in [0.15, 0.2) is 6.04 Å². The van der Waals surface area contributed by atoms with Gasteiger partial charge in [0.2, 0.25) is 5.91 Å². The molecule has 1 saturated carbocycles. The Hall–Kier alpha value is -1.40. The van der Waals surface area contributed by atoms with Gasteiger partial charge < -0.3 is 15.7 Å². The van der Waals surface area contributed by atoms with Gasteiger partial charge in [-0.15, -0.1) is 11.3 Å². The second-order valence-electron chi connectivity index (χ2n) is 5.85. The molecule has 1 fully saturated rings. The molecule has 2 aliphatic rings. The van der Waals surface area contributed by atoms with Crippen LogP contribution < -0.4 is 5.73 Å². The third-order valence-electron chi connectivity index (χ3n) is 4.76. The number of carbonyl (C=O) groups is 2. The highest BCUT2D eigenvalue weighted by Gasteiger charge is 2.42. The molecule has 1 aliphatic heterocycles. The van der Waals surface area contributed by atoms with Crippen LogP contribution in [-0.2, 0) is 16.0 Å². The fourth-order valence-electron chi connectivity index (χ4n) is 3.68. The summed E-state index contributed by atoms with van der Waals surface area (Å²) in [6.07, 6.45) is 3.57. The Bertz CT molecular complexity index is 557. The molecule has 3 unspecified atom stereocenters. The maximum absolute atomic E-state index is 12.8. The second-order valence-corrected chi connectivity index (χ2v) is 6.86. The van der Waals surface area contributed by atoms with Crippen LogP contribution in [0.4, 0.5) is 0 Å². The van der Waals surface area contributed by atoms with Crippen LogP contribution in [0.3, 0.4) is 0 Å². The van der Waals surface area contributed by atoms with E-state index in [2.05, 4.69) is 0 Å². The molecule has 0 spiro atoms. The van der Waals surface area contributed by atoms with Gasteiger partial charge in [-0.05, 0) is 48.7 Å².